The highest BCUT2D eigenvalue weighted by atomic mass is 16.5. The zero-order valence-corrected chi connectivity index (χ0v) is 14.3. The van der Waals surface area contributed by atoms with Crippen molar-refractivity contribution in [2.75, 3.05) is 26.4 Å². The average Bonchev–Trinajstić information content (AvgIpc) is 2.71. The van der Waals surface area contributed by atoms with Crippen molar-refractivity contribution in [1.82, 2.24) is 4.98 Å². The largest absolute Gasteiger partial charge is 0.491 e. The zero-order chi connectivity index (χ0) is 18.2. The summed E-state index contributed by atoms with van der Waals surface area (Å²) < 4.78 is 10.8. The monoisotopic (exact) mass is 351 g/mol. The number of hydrogen-bond donors (Lipinski definition) is 2. The zero-order valence-electron chi connectivity index (χ0n) is 14.3. The number of pyridine rings is 1. The lowest BCUT2D eigenvalue weighted by Gasteiger charge is -2.11. The second-order valence-corrected chi connectivity index (χ2v) is 5.59. The van der Waals surface area contributed by atoms with E-state index in [1.165, 1.54) is 0 Å². The van der Waals surface area contributed by atoms with E-state index in [0.29, 0.717) is 5.75 Å². The Kier molecular flexibility index (Phi) is 6.19. The highest BCUT2D eigenvalue weighted by molar-refractivity contribution is 5.80. The summed E-state index contributed by atoms with van der Waals surface area (Å²) in [6, 6.07) is 19.3. The fraction of sp³-hybridized carbons (Fsp3) is 0.190. The molecule has 0 fully saturated rings. The average molecular weight is 351 g/mol. The number of benzene rings is 2. The second-order valence-electron chi connectivity index (χ2n) is 5.59. The molecule has 134 valence electrons. The molecular weight excluding hydrogens is 330 g/mol. The van der Waals surface area contributed by atoms with Gasteiger partial charge in [-0.05, 0) is 48.0 Å². The summed E-state index contributed by atoms with van der Waals surface area (Å²) >= 11 is 0. The number of aliphatic hydroxyl groups is 2. The van der Waals surface area contributed by atoms with Crippen LogP contribution in [0.5, 0.6) is 11.5 Å². The molecule has 0 bridgehead atoms. The minimum absolute atomic E-state index is 0.00742. The molecule has 0 unspecified atom stereocenters. The Bertz CT molecular complexity index is 746. The van der Waals surface area contributed by atoms with Gasteiger partial charge in [-0.15, -0.1) is 0 Å². The summed E-state index contributed by atoms with van der Waals surface area (Å²) in [4.78, 5) is 4.54. The minimum atomic E-state index is -0.00977. The van der Waals surface area contributed by atoms with Crippen LogP contribution in [0, 0.1) is 0 Å². The van der Waals surface area contributed by atoms with Gasteiger partial charge in [-0.2, -0.15) is 0 Å². The maximum Gasteiger partial charge on any atom is 0.119 e. The molecule has 1 heterocycles. The number of rotatable bonds is 8. The Hall–Kier alpha value is -2.89. The molecule has 3 rings (SSSR count). The molecule has 0 saturated heterocycles. The van der Waals surface area contributed by atoms with Gasteiger partial charge in [0, 0.05) is 17.3 Å². The molecule has 0 aliphatic heterocycles. The van der Waals surface area contributed by atoms with E-state index in [4.69, 9.17) is 19.7 Å². The summed E-state index contributed by atoms with van der Waals surface area (Å²) in [5.74, 6) is 1.43. The van der Waals surface area contributed by atoms with Crippen molar-refractivity contribution >= 4 is 0 Å². The molecule has 0 saturated carbocycles. The predicted molar refractivity (Wildman–Crippen MR) is 100 cm³/mol. The van der Waals surface area contributed by atoms with Crippen LogP contribution in [0.15, 0.2) is 66.9 Å². The van der Waals surface area contributed by atoms with Crippen LogP contribution in [0.25, 0.3) is 22.4 Å². The third kappa shape index (κ3) is 4.39. The summed E-state index contributed by atoms with van der Waals surface area (Å²) in [6.45, 7) is 0.539. The highest BCUT2D eigenvalue weighted by Crippen LogP contribution is 2.32. The first-order valence-corrected chi connectivity index (χ1v) is 8.45. The standard InChI is InChI=1S/C21H21NO4/c23-12-14-25-18-7-3-16(4-8-18)20-2-1-11-22-21(20)17-5-9-19(10-6-17)26-15-13-24/h1-11,23-24H,12-15H2. The Balaban J connectivity index is 1.86. The first kappa shape index (κ1) is 17.9. The second kappa shape index (κ2) is 8.99. The number of nitrogens with zero attached hydrogens (tertiary/aromatic N) is 1. The van der Waals surface area contributed by atoms with Crippen LogP contribution in [-0.4, -0.2) is 41.6 Å². The highest BCUT2D eigenvalue weighted by Gasteiger charge is 2.09. The Labute approximate surface area is 152 Å². The predicted octanol–water partition coefficient (Wildman–Crippen LogP) is 3.16. The maximum atomic E-state index is 8.84. The quantitative estimate of drug-likeness (QED) is 0.652. The third-order valence-electron chi connectivity index (χ3n) is 3.82. The molecule has 2 aromatic carbocycles. The molecule has 5 heteroatoms. The van der Waals surface area contributed by atoms with Crippen molar-refractivity contribution in [3.63, 3.8) is 0 Å². The van der Waals surface area contributed by atoms with Gasteiger partial charge in [-0.1, -0.05) is 18.2 Å². The first-order chi connectivity index (χ1) is 12.8. The van der Waals surface area contributed by atoms with Crippen LogP contribution in [-0.2, 0) is 0 Å². The van der Waals surface area contributed by atoms with Gasteiger partial charge in [0.1, 0.15) is 24.7 Å². The van der Waals surface area contributed by atoms with Gasteiger partial charge in [0.2, 0.25) is 0 Å². The Morgan fingerprint density at radius 3 is 1.77 bits per heavy atom. The summed E-state index contributed by atoms with van der Waals surface area (Å²) in [7, 11) is 0. The van der Waals surface area contributed by atoms with Crippen molar-refractivity contribution < 1.29 is 19.7 Å². The van der Waals surface area contributed by atoms with Crippen LogP contribution in [0.2, 0.25) is 0 Å². The molecule has 0 aliphatic rings. The van der Waals surface area contributed by atoms with E-state index in [1.807, 2.05) is 60.7 Å². The molecule has 0 atom stereocenters. The van der Waals surface area contributed by atoms with E-state index >= 15 is 0 Å². The van der Waals surface area contributed by atoms with Gasteiger partial charge in [0.15, 0.2) is 0 Å². The molecule has 26 heavy (non-hydrogen) atoms. The molecule has 5 nitrogen and oxygen atoms in total. The summed E-state index contributed by atoms with van der Waals surface area (Å²) in [5.41, 5.74) is 3.91. The molecular formula is C21H21NO4. The molecule has 1 aromatic heterocycles. The van der Waals surface area contributed by atoms with Gasteiger partial charge < -0.3 is 19.7 Å². The number of ether oxygens (including phenoxy) is 2. The van der Waals surface area contributed by atoms with E-state index in [-0.39, 0.29) is 26.4 Å². The molecule has 0 amide bonds. The van der Waals surface area contributed by atoms with Crippen molar-refractivity contribution in [2.45, 2.75) is 0 Å². The fourth-order valence-electron chi connectivity index (χ4n) is 2.64. The Morgan fingerprint density at radius 1 is 0.692 bits per heavy atom. The van der Waals surface area contributed by atoms with Gasteiger partial charge in [0.05, 0.1) is 18.9 Å². The maximum absolute atomic E-state index is 8.84. The van der Waals surface area contributed by atoms with E-state index in [0.717, 1.165) is 28.1 Å². The summed E-state index contributed by atoms with van der Waals surface area (Å²) in [5, 5.41) is 17.7. The lowest BCUT2D eigenvalue weighted by atomic mass is 9.99. The number of hydrogen-bond acceptors (Lipinski definition) is 5. The van der Waals surface area contributed by atoms with Crippen LogP contribution < -0.4 is 9.47 Å². The van der Waals surface area contributed by atoms with E-state index in [9.17, 15) is 0 Å². The van der Waals surface area contributed by atoms with E-state index in [1.54, 1.807) is 6.20 Å². The van der Waals surface area contributed by atoms with Crippen LogP contribution in [0.3, 0.4) is 0 Å². The molecule has 0 spiro atoms. The lowest BCUT2D eigenvalue weighted by Crippen LogP contribution is -2.01. The summed E-state index contributed by atoms with van der Waals surface area (Å²) in [6.07, 6.45) is 1.77. The number of aliphatic hydroxyl groups excluding tert-OH is 2. The number of aromatic nitrogens is 1. The van der Waals surface area contributed by atoms with E-state index < -0.39 is 0 Å². The van der Waals surface area contributed by atoms with Crippen LogP contribution in [0.4, 0.5) is 0 Å². The van der Waals surface area contributed by atoms with Crippen molar-refractivity contribution in [3.8, 4) is 33.9 Å². The van der Waals surface area contributed by atoms with Gasteiger partial charge in [-0.3, -0.25) is 4.98 Å². The lowest BCUT2D eigenvalue weighted by molar-refractivity contribution is 0.201. The van der Waals surface area contributed by atoms with E-state index in [2.05, 4.69) is 4.98 Å². The smallest absolute Gasteiger partial charge is 0.119 e. The van der Waals surface area contributed by atoms with Crippen LogP contribution in [0.1, 0.15) is 0 Å². The van der Waals surface area contributed by atoms with Gasteiger partial charge in [0.25, 0.3) is 0 Å². The van der Waals surface area contributed by atoms with Crippen molar-refractivity contribution in [1.29, 1.82) is 0 Å². The van der Waals surface area contributed by atoms with Gasteiger partial charge >= 0.3 is 0 Å². The van der Waals surface area contributed by atoms with Gasteiger partial charge in [-0.25, -0.2) is 0 Å². The molecule has 2 N–H and O–H groups in total. The third-order valence-corrected chi connectivity index (χ3v) is 3.82. The molecule has 0 radical (unpaired) electrons. The van der Waals surface area contributed by atoms with Crippen molar-refractivity contribution in [3.05, 3.63) is 66.9 Å². The fourth-order valence-corrected chi connectivity index (χ4v) is 2.64. The first-order valence-electron chi connectivity index (χ1n) is 8.45. The normalized spacial score (nSPS) is 10.5. The molecule has 0 aliphatic carbocycles. The van der Waals surface area contributed by atoms with Crippen molar-refractivity contribution in [2.24, 2.45) is 0 Å². The SMILES string of the molecule is OCCOc1ccc(-c2cccnc2-c2ccc(OCCO)cc2)cc1. The minimum Gasteiger partial charge on any atom is -0.491 e. The van der Waals surface area contributed by atoms with Crippen LogP contribution >= 0.6 is 0 Å². The molecule has 3 aromatic rings. The Morgan fingerprint density at radius 2 is 1.23 bits per heavy atom. The topological polar surface area (TPSA) is 71.8 Å².